The first kappa shape index (κ1) is 20.8. The van der Waals surface area contributed by atoms with Crippen molar-refractivity contribution in [1.29, 1.82) is 0 Å². The van der Waals surface area contributed by atoms with Crippen molar-refractivity contribution in [2.75, 3.05) is 13.2 Å². The van der Waals surface area contributed by atoms with Gasteiger partial charge in [-0.3, -0.25) is 0 Å². The predicted molar refractivity (Wildman–Crippen MR) is 103 cm³/mol. The highest BCUT2D eigenvalue weighted by Crippen LogP contribution is 2.44. The zero-order chi connectivity index (χ0) is 19.5. The Bertz CT molecular complexity index is 733. The van der Waals surface area contributed by atoms with Crippen LogP contribution >= 0.6 is 31.9 Å². The van der Waals surface area contributed by atoms with Crippen molar-refractivity contribution in [3.05, 3.63) is 26.1 Å². The van der Waals surface area contributed by atoms with Gasteiger partial charge in [0.1, 0.15) is 5.57 Å². The normalized spacial score (nSPS) is 16.0. The van der Waals surface area contributed by atoms with Crippen molar-refractivity contribution in [1.82, 2.24) is 0 Å². The maximum Gasteiger partial charge on any atom is 0.348 e. The smallest absolute Gasteiger partial charge is 0.348 e. The quantitative estimate of drug-likeness (QED) is 0.328. The molecule has 6 nitrogen and oxygen atoms in total. The molecule has 0 aromatic heterocycles. The third kappa shape index (κ3) is 4.59. The zero-order valence-corrected chi connectivity index (χ0v) is 18.2. The van der Waals surface area contributed by atoms with Crippen LogP contribution in [0.25, 0.3) is 6.08 Å². The molecule has 0 spiro atoms. The summed E-state index contributed by atoms with van der Waals surface area (Å²) in [6, 6.07) is 1.69. The van der Waals surface area contributed by atoms with E-state index >= 15 is 0 Å². The van der Waals surface area contributed by atoms with Gasteiger partial charge in [0, 0.05) is 18.3 Å². The van der Waals surface area contributed by atoms with E-state index in [1.165, 1.54) is 19.9 Å². The summed E-state index contributed by atoms with van der Waals surface area (Å²) in [5, 5.41) is 0. The van der Waals surface area contributed by atoms with Crippen LogP contribution in [0.3, 0.4) is 0 Å². The summed E-state index contributed by atoms with van der Waals surface area (Å²) >= 11 is 6.95. The van der Waals surface area contributed by atoms with Crippen LogP contribution in [0.5, 0.6) is 11.5 Å². The number of hydrogen-bond acceptors (Lipinski definition) is 6. The van der Waals surface area contributed by atoms with Gasteiger partial charge in [0.15, 0.2) is 11.5 Å². The zero-order valence-electron chi connectivity index (χ0n) is 15.0. The van der Waals surface area contributed by atoms with Crippen LogP contribution in [0, 0.1) is 0 Å². The molecule has 0 bridgehead atoms. The largest absolute Gasteiger partial charge is 0.490 e. The van der Waals surface area contributed by atoms with Gasteiger partial charge in [-0.2, -0.15) is 0 Å². The molecule has 1 aliphatic heterocycles. The van der Waals surface area contributed by atoms with Crippen LogP contribution in [0.4, 0.5) is 0 Å². The summed E-state index contributed by atoms with van der Waals surface area (Å²) in [6.45, 7) is 7.82. The number of ether oxygens (including phenoxy) is 4. The predicted octanol–water partition coefficient (Wildman–Crippen LogP) is 4.62. The van der Waals surface area contributed by atoms with Gasteiger partial charge in [0.2, 0.25) is 0 Å². The summed E-state index contributed by atoms with van der Waals surface area (Å²) in [5.74, 6) is -1.70. The molecule has 142 valence electrons. The van der Waals surface area contributed by atoms with E-state index in [9.17, 15) is 9.59 Å². The molecule has 0 radical (unpaired) electrons. The lowest BCUT2D eigenvalue weighted by molar-refractivity contribution is -0.222. The van der Waals surface area contributed by atoms with Crippen molar-refractivity contribution >= 4 is 49.9 Å². The molecule has 0 atom stereocenters. The number of esters is 2. The van der Waals surface area contributed by atoms with Gasteiger partial charge in [0.25, 0.3) is 5.79 Å². The van der Waals surface area contributed by atoms with Crippen molar-refractivity contribution in [2.24, 2.45) is 0 Å². The summed E-state index contributed by atoms with van der Waals surface area (Å²) in [6.07, 6.45) is 2.25. The molecule has 0 aliphatic carbocycles. The Balaban J connectivity index is 2.49. The molecule has 0 unspecified atom stereocenters. The Hall–Kier alpha value is -1.54. The highest BCUT2D eigenvalue weighted by atomic mass is 79.9. The Morgan fingerprint density at radius 2 is 1.69 bits per heavy atom. The van der Waals surface area contributed by atoms with Gasteiger partial charge in [-0.15, -0.1) is 0 Å². The summed E-state index contributed by atoms with van der Waals surface area (Å²) in [5.41, 5.74) is 0.356. The molecule has 1 heterocycles. The number of cyclic esters (lactones) is 2. The maximum absolute atomic E-state index is 12.2. The van der Waals surface area contributed by atoms with Gasteiger partial charge >= 0.3 is 11.9 Å². The van der Waals surface area contributed by atoms with E-state index in [1.807, 2.05) is 13.8 Å². The van der Waals surface area contributed by atoms with Crippen molar-refractivity contribution in [3.8, 4) is 11.5 Å². The average molecular weight is 492 g/mol. The fourth-order valence-corrected chi connectivity index (χ4v) is 3.19. The van der Waals surface area contributed by atoms with E-state index < -0.39 is 17.7 Å². The van der Waals surface area contributed by atoms with Crippen LogP contribution in [0.2, 0.25) is 0 Å². The van der Waals surface area contributed by atoms with Crippen LogP contribution in [-0.4, -0.2) is 30.9 Å². The first-order chi connectivity index (χ1) is 12.2. The van der Waals surface area contributed by atoms with Gasteiger partial charge < -0.3 is 18.9 Å². The van der Waals surface area contributed by atoms with Crippen LogP contribution in [0.15, 0.2) is 20.6 Å². The lowest BCUT2D eigenvalue weighted by Crippen LogP contribution is -2.41. The van der Waals surface area contributed by atoms with Gasteiger partial charge in [-0.1, -0.05) is 6.92 Å². The lowest BCUT2D eigenvalue weighted by atomic mass is 10.1. The second kappa shape index (κ2) is 8.43. The minimum atomic E-state index is -1.28. The van der Waals surface area contributed by atoms with E-state index in [4.69, 9.17) is 18.9 Å². The second-order valence-electron chi connectivity index (χ2n) is 5.94. The minimum absolute atomic E-state index is 0.193. The summed E-state index contributed by atoms with van der Waals surface area (Å²) in [4.78, 5) is 24.3. The molecule has 1 aliphatic rings. The third-order valence-electron chi connectivity index (χ3n) is 3.32. The Labute approximate surface area is 169 Å². The van der Waals surface area contributed by atoms with Crippen molar-refractivity contribution in [3.63, 3.8) is 0 Å². The molecular weight excluding hydrogens is 472 g/mol. The van der Waals surface area contributed by atoms with Crippen molar-refractivity contribution in [2.45, 2.75) is 39.9 Å². The van der Waals surface area contributed by atoms with Crippen molar-refractivity contribution < 1.29 is 28.5 Å². The highest BCUT2D eigenvalue weighted by molar-refractivity contribution is 9.13. The first-order valence-corrected chi connectivity index (χ1v) is 9.74. The van der Waals surface area contributed by atoms with E-state index in [-0.39, 0.29) is 5.57 Å². The molecule has 0 saturated carbocycles. The van der Waals surface area contributed by atoms with E-state index in [2.05, 4.69) is 31.9 Å². The average Bonchev–Trinajstić information content (AvgIpc) is 2.54. The first-order valence-electron chi connectivity index (χ1n) is 8.16. The minimum Gasteiger partial charge on any atom is -0.490 e. The molecule has 0 amide bonds. The summed E-state index contributed by atoms with van der Waals surface area (Å²) in [7, 11) is 0. The fourth-order valence-electron chi connectivity index (χ4n) is 2.25. The number of halogens is 2. The molecule has 8 heteroatoms. The van der Waals surface area contributed by atoms with E-state index in [1.54, 1.807) is 6.07 Å². The number of rotatable bonds is 6. The van der Waals surface area contributed by atoms with Gasteiger partial charge in [0.05, 0.1) is 17.7 Å². The number of carbonyl (C=O) groups excluding carboxylic acids is 2. The monoisotopic (exact) mass is 490 g/mol. The van der Waals surface area contributed by atoms with Gasteiger partial charge in [-0.25, -0.2) is 9.59 Å². The third-order valence-corrected chi connectivity index (χ3v) is 5.47. The molecule has 1 saturated heterocycles. The standard InChI is InChI=1S/C18H20Br2O6/c1-5-7-24-15-12(23-6-2)9-10(13(19)14(15)20)8-11-16(21)25-18(3,4)26-17(11)22/h8-9H,5-7H2,1-4H3. The maximum atomic E-state index is 12.2. The SMILES string of the molecule is CCCOc1c(OCC)cc(C=C2C(=O)OC(C)(C)OC2=O)c(Br)c1Br. The van der Waals surface area contributed by atoms with Gasteiger partial charge in [-0.05, 0) is 62.9 Å². The number of hydrogen-bond donors (Lipinski definition) is 0. The molecule has 26 heavy (non-hydrogen) atoms. The molecule has 1 aromatic carbocycles. The fraction of sp³-hybridized carbons (Fsp3) is 0.444. The van der Waals surface area contributed by atoms with E-state index in [0.717, 1.165) is 6.42 Å². The van der Waals surface area contributed by atoms with Crippen LogP contribution < -0.4 is 9.47 Å². The van der Waals surface area contributed by atoms with E-state index in [0.29, 0.717) is 39.2 Å². The molecule has 1 fully saturated rings. The Morgan fingerprint density at radius 3 is 2.23 bits per heavy atom. The van der Waals surface area contributed by atoms with Crippen LogP contribution in [-0.2, 0) is 19.1 Å². The molecular formula is C18H20Br2O6. The Morgan fingerprint density at radius 1 is 1.08 bits per heavy atom. The highest BCUT2D eigenvalue weighted by Gasteiger charge is 2.39. The Kier molecular flexibility index (Phi) is 6.74. The second-order valence-corrected chi connectivity index (χ2v) is 7.53. The number of carbonyl (C=O) groups is 2. The number of benzene rings is 1. The molecule has 1 aromatic rings. The lowest BCUT2D eigenvalue weighted by Gasteiger charge is -2.29. The molecule has 0 N–H and O–H groups in total. The topological polar surface area (TPSA) is 71.1 Å². The van der Waals surface area contributed by atoms with Crippen LogP contribution in [0.1, 0.15) is 39.7 Å². The summed E-state index contributed by atoms with van der Waals surface area (Å²) < 4.78 is 22.9. The molecule has 2 rings (SSSR count).